The minimum atomic E-state index is -2.59. The van der Waals surface area contributed by atoms with E-state index < -0.39 is 12.0 Å². The Morgan fingerprint density at radius 2 is 1.75 bits per heavy atom. The van der Waals surface area contributed by atoms with Crippen LogP contribution >= 0.6 is 0 Å². The van der Waals surface area contributed by atoms with E-state index in [1.165, 1.54) is 6.08 Å². The van der Waals surface area contributed by atoms with Gasteiger partial charge in [-0.25, -0.2) is 8.78 Å². The van der Waals surface area contributed by atoms with Gasteiger partial charge in [-0.05, 0) is 37.6 Å². The highest BCUT2D eigenvalue weighted by Crippen LogP contribution is 2.36. The van der Waals surface area contributed by atoms with Crippen LogP contribution in [0.5, 0.6) is 0 Å². The average Bonchev–Trinajstić information content (AvgIpc) is 3.11. The second-order valence-corrected chi connectivity index (χ2v) is 7.23. The van der Waals surface area contributed by atoms with Crippen LogP contribution in [0.25, 0.3) is 11.1 Å². The molecule has 2 aromatic rings. The molecule has 0 aliphatic carbocycles. The Balaban J connectivity index is 1.96. The Labute approximate surface area is 164 Å². The van der Waals surface area contributed by atoms with E-state index in [0.717, 1.165) is 22.4 Å². The first-order valence-corrected chi connectivity index (χ1v) is 8.96. The molecule has 1 aliphatic heterocycles. The van der Waals surface area contributed by atoms with Crippen LogP contribution in [0.2, 0.25) is 0 Å². The van der Waals surface area contributed by atoms with E-state index in [2.05, 4.69) is 16.9 Å². The number of methoxy groups -OCH3 is 1. The van der Waals surface area contributed by atoms with E-state index in [4.69, 9.17) is 4.74 Å². The van der Waals surface area contributed by atoms with Gasteiger partial charge in [-0.2, -0.15) is 0 Å². The molecular formula is C23H23F2N2O+. The number of ether oxygens (including phenoxy) is 1. The number of rotatable bonds is 4. The number of alkyl halides is 2. The Hall–Kier alpha value is -2.81. The number of para-hydroxylation sites is 1. The van der Waals surface area contributed by atoms with Gasteiger partial charge in [-0.15, -0.1) is 4.59 Å². The van der Waals surface area contributed by atoms with Gasteiger partial charge < -0.3 is 4.74 Å². The Morgan fingerprint density at radius 1 is 1.07 bits per heavy atom. The van der Waals surface area contributed by atoms with Crippen molar-refractivity contribution in [3.63, 3.8) is 0 Å². The summed E-state index contributed by atoms with van der Waals surface area (Å²) in [6, 6.07) is 15.5. The van der Waals surface area contributed by atoms with Crippen LogP contribution in [0.4, 0.5) is 14.5 Å². The zero-order valence-corrected chi connectivity index (χ0v) is 16.4. The SMILES string of the molecule is COC(C)(C)C#Cc1ccc(-c2ccccc2[N+]2(C)C=CC(C(F)F)=N2)cc1. The zero-order valence-electron chi connectivity index (χ0n) is 16.4. The lowest BCUT2D eigenvalue weighted by Crippen LogP contribution is -2.31. The van der Waals surface area contributed by atoms with E-state index in [-0.39, 0.29) is 10.3 Å². The van der Waals surface area contributed by atoms with Crippen LogP contribution < -0.4 is 4.59 Å². The molecule has 0 amide bonds. The van der Waals surface area contributed by atoms with E-state index in [0.29, 0.717) is 0 Å². The summed E-state index contributed by atoms with van der Waals surface area (Å²) in [6.45, 7) is 3.82. The van der Waals surface area contributed by atoms with Crippen LogP contribution in [0, 0.1) is 11.8 Å². The number of nitrogens with zero attached hydrogens (tertiary/aromatic N) is 2. The van der Waals surface area contributed by atoms with E-state index in [9.17, 15) is 8.78 Å². The van der Waals surface area contributed by atoms with Crippen molar-refractivity contribution in [1.29, 1.82) is 0 Å². The molecule has 5 heteroatoms. The largest absolute Gasteiger partial charge is 0.366 e. The highest BCUT2D eigenvalue weighted by molar-refractivity contribution is 6.00. The molecule has 1 unspecified atom stereocenters. The first-order valence-electron chi connectivity index (χ1n) is 8.96. The van der Waals surface area contributed by atoms with E-state index in [1.807, 2.05) is 62.4 Å². The Kier molecular flexibility index (Phi) is 5.46. The maximum atomic E-state index is 13.0. The highest BCUT2D eigenvalue weighted by Gasteiger charge is 2.33. The molecular weight excluding hydrogens is 358 g/mol. The molecule has 3 rings (SSSR count). The molecule has 1 atom stereocenters. The summed E-state index contributed by atoms with van der Waals surface area (Å²) in [4.78, 5) is 0. The van der Waals surface area contributed by atoms with Crippen molar-refractivity contribution in [2.45, 2.75) is 25.9 Å². The minimum absolute atomic E-state index is 0.0422. The Bertz CT molecular complexity index is 982. The summed E-state index contributed by atoms with van der Waals surface area (Å²) in [6.07, 6.45) is 0.475. The third-order valence-electron chi connectivity index (χ3n) is 4.69. The second-order valence-electron chi connectivity index (χ2n) is 7.23. The number of halogens is 2. The van der Waals surface area contributed by atoms with Gasteiger partial charge in [0, 0.05) is 30.4 Å². The first kappa shape index (κ1) is 19.9. The minimum Gasteiger partial charge on any atom is -0.366 e. The van der Waals surface area contributed by atoms with Crippen LogP contribution in [0.15, 0.2) is 65.9 Å². The van der Waals surface area contributed by atoms with Gasteiger partial charge in [0.05, 0.1) is 0 Å². The van der Waals surface area contributed by atoms with Crippen LogP contribution in [-0.4, -0.2) is 31.9 Å². The summed E-state index contributed by atoms with van der Waals surface area (Å²) in [5, 5.41) is 4.22. The standard InChI is InChI=1S/C23H23F2N2O/c1-23(2,28-4)15-13-17-9-11-18(12-10-17)19-7-5-6-8-21(19)27(3)16-14-20(26-27)22(24)25/h5-12,14,16,22H,1-4H3/q+1. The molecule has 1 aliphatic rings. The fourth-order valence-corrected chi connectivity index (χ4v) is 2.90. The molecule has 0 bridgehead atoms. The van der Waals surface area contributed by atoms with Crippen molar-refractivity contribution >= 4 is 11.4 Å². The van der Waals surface area contributed by atoms with Gasteiger partial charge in [-0.1, -0.05) is 41.2 Å². The first-order chi connectivity index (χ1) is 13.2. The number of allylic oxidation sites excluding steroid dienone is 1. The van der Waals surface area contributed by atoms with Gasteiger partial charge in [0.25, 0.3) is 6.43 Å². The third kappa shape index (κ3) is 4.19. The molecule has 0 fully saturated rings. The topological polar surface area (TPSA) is 21.6 Å². The zero-order chi connectivity index (χ0) is 20.4. The average molecular weight is 381 g/mol. The molecule has 144 valence electrons. The molecule has 0 radical (unpaired) electrons. The smallest absolute Gasteiger partial charge is 0.285 e. The van der Waals surface area contributed by atoms with E-state index in [1.54, 1.807) is 20.4 Å². The molecule has 1 heterocycles. The predicted octanol–water partition coefficient (Wildman–Crippen LogP) is 5.22. The Morgan fingerprint density at radius 3 is 2.36 bits per heavy atom. The van der Waals surface area contributed by atoms with Gasteiger partial charge in [-0.3, -0.25) is 0 Å². The third-order valence-corrected chi connectivity index (χ3v) is 4.69. The van der Waals surface area contributed by atoms with Crippen molar-refractivity contribution in [3.8, 4) is 23.0 Å². The van der Waals surface area contributed by atoms with Crippen molar-refractivity contribution < 1.29 is 13.5 Å². The van der Waals surface area contributed by atoms with Gasteiger partial charge in [0.1, 0.15) is 18.8 Å². The molecule has 3 nitrogen and oxygen atoms in total. The normalized spacial score (nSPS) is 18.8. The van der Waals surface area contributed by atoms with Crippen LogP contribution in [-0.2, 0) is 4.74 Å². The van der Waals surface area contributed by atoms with E-state index >= 15 is 0 Å². The molecule has 0 aromatic heterocycles. The van der Waals surface area contributed by atoms with Crippen molar-refractivity contribution in [1.82, 2.24) is 4.59 Å². The number of hydrogen-bond acceptors (Lipinski definition) is 2. The molecule has 2 aromatic carbocycles. The molecule has 0 N–H and O–H groups in total. The number of quaternary nitrogens is 1. The fourth-order valence-electron chi connectivity index (χ4n) is 2.90. The highest BCUT2D eigenvalue weighted by atomic mass is 19.3. The van der Waals surface area contributed by atoms with Crippen molar-refractivity contribution in [2.75, 3.05) is 14.2 Å². The van der Waals surface area contributed by atoms with Gasteiger partial charge in [0.2, 0.25) is 0 Å². The summed E-state index contributed by atoms with van der Waals surface area (Å²) in [5.74, 6) is 6.20. The van der Waals surface area contributed by atoms with Crippen molar-refractivity contribution in [2.24, 2.45) is 5.10 Å². The number of benzene rings is 2. The number of hydrogen-bond donors (Lipinski definition) is 0. The molecule has 0 saturated heterocycles. The molecule has 28 heavy (non-hydrogen) atoms. The monoisotopic (exact) mass is 381 g/mol. The predicted molar refractivity (Wildman–Crippen MR) is 110 cm³/mol. The van der Waals surface area contributed by atoms with Crippen molar-refractivity contribution in [3.05, 3.63) is 66.4 Å². The fraction of sp³-hybridized carbons (Fsp3) is 0.261. The summed E-state index contributed by atoms with van der Waals surface area (Å²) in [5.41, 5.74) is 2.90. The maximum Gasteiger partial charge on any atom is 0.285 e. The lowest BCUT2D eigenvalue weighted by atomic mass is 10.0. The molecule has 0 saturated carbocycles. The second kappa shape index (κ2) is 7.67. The van der Waals surface area contributed by atoms with Gasteiger partial charge in [0.15, 0.2) is 11.4 Å². The summed E-state index contributed by atoms with van der Waals surface area (Å²) >= 11 is 0. The quantitative estimate of drug-likeness (QED) is 0.526. The van der Waals surface area contributed by atoms with Crippen LogP contribution in [0.3, 0.4) is 0 Å². The lowest BCUT2D eigenvalue weighted by Gasteiger charge is -2.22. The van der Waals surface area contributed by atoms with Crippen LogP contribution in [0.1, 0.15) is 19.4 Å². The lowest BCUT2D eigenvalue weighted by molar-refractivity contribution is 0.0742. The summed E-state index contributed by atoms with van der Waals surface area (Å²) < 4.78 is 31.3. The van der Waals surface area contributed by atoms with Gasteiger partial charge >= 0.3 is 0 Å². The maximum absolute atomic E-state index is 13.0. The summed E-state index contributed by atoms with van der Waals surface area (Å²) in [7, 11) is 3.42. The molecule has 0 spiro atoms.